The highest BCUT2D eigenvalue weighted by Gasteiger charge is 2.21. The number of benzene rings is 2. The minimum Gasteiger partial charge on any atom is -0.493 e. The second kappa shape index (κ2) is 7.66. The standard InChI is InChI=1S/C19H20ClNO4/c1-23-17-9-14(8-15(20)18(17)24-2)19(22)21-10-12-7-13-5-3-4-6-16(13)25-11-12/h3-6,8-9,12H,7,10-11H2,1-2H3,(H,21,22). The predicted octanol–water partition coefficient (Wildman–Crippen LogP) is 3.34. The van der Waals surface area contributed by atoms with Crippen molar-refractivity contribution in [3.05, 3.63) is 52.5 Å². The molecule has 6 heteroatoms. The molecule has 1 amide bonds. The first-order valence-corrected chi connectivity index (χ1v) is 8.40. The topological polar surface area (TPSA) is 56.8 Å². The van der Waals surface area contributed by atoms with Gasteiger partial charge >= 0.3 is 0 Å². The number of hydrogen-bond donors (Lipinski definition) is 1. The number of rotatable bonds is 5. The Morgan fingerprint density at radius 3 is 2.84 bits per heavy atom. The van der Waals surface area contributed by atoms with Gasteiger partial charge in [0.15, 0.2) is 11.5 Å². The summed E-state index contributed by atoms with van der Waals surface area (Å²) in [6.07, 6.45) is 0.878. The van der Waals surface area contributed by atoms with Gasteiger partial charge in [-0.25, -0.2) is 0 Å². The van der Waals surface area contributed by atoms with Crippen LogP contribution < -0.4 is 19.5 Å². The molecule has 1 aliphatic rings. The van der Waals surface area contributed by atoms with Crippen molar-refractivity contribution in [3.8, 4) is 17.2 Å². The van der Waals surface area contributed by atoms with Crippen LogP contribution >= 0.6 is 11.6 Å². The van der Waals surface area contributed by atoms with Crippen molar-refractivity contribution < 1.29 is 19.0 Å². The van der Waals surface area contributed by atoms with Gasteiger partial charge in [-0.3, -0.25) is 4.79 Å². The Balaban J connectivity index is 1.65. The third-order valence-electron chi connectivity index (χ3n) is 4.20. The fraction of sp³-hybridized carbons (Fsp3) is 0.316. The highest BCUT2D eigenvalue weighted by molar-refractivity contribution is 6.32. The van der Waals surface area contributed by atoms with Crippen LogP contribution in [0.3, 0.4) is 0 Å². The largest absolute Gasteiger partial charge is 0.493 e. The monoisotopic (exact) mass is 361 g/mol. The molecular formula is C19H20ClNO4. The Kier molecular flexibility index (Phi) is 5.34. The summed E-state index contributed by atoms with van der Waals surface area (Å²) in [6.45, 7) is 1.11. The van der Waals surface area contributed by atoms with E-state index in [1.165, 1.54) is 19.8 Å². The van der Waals surface area contributed by atoms with Crippen LogP contribution in [-0.4, -0.2) is 33.3 Å². The molecule has 3 rings (SSSR count). The Bertz CT molecular complexity index is 778. The molecule has 0 saturated heterocycles. The second-order valence-corrected chi connectivity index (χ2v) is 6.30. The van der Waals surface area contributed by atoms with Gasteiger partial charge in [0.05, 0.1) is 25.8 Å². The maximum atomic E-state index is 12.4. The number of hydrogen-bond acceptors (Lipinski definition) is 4. The summed E-state index contributed by atoms with van der Waals surface area (Å²) in [7, 11) is 3.01. The number of ether oxygens (including phenoxy) is 3. The molecule has 1 aliphatic heterocycles. The molecule has 2 aromatic carbocycles. The minimum absolute atomic E-state index is 0.207. The Morgan fingerprint density at radius 2 is 2.08 bits per heavy atom. The molecule has 25 heavy (non-hydrogen) atoms. The van der Waals surface area contributed by atoms with Crippen LogP contribution in [0.5, 0.6) is 17.2 Å². The Morgan fingerprint density at radius 1 is 1.28 bits per heavy atom. The lowest BCUT2D eigenvalue weighted by atomic mass is 9.96. The first kappa shape index (κ1) is 17.4. The molecule has 0 fully saturated rings. The van der Waals surface area contributed by atoms with E-state index in [1.54, 1.807) is 12.1 Å². The second-order valence-electron chi connectivity index (χ2n) is 5.89. The van der Waals surface area contributed by atoms with Crippen LogP contribution in [0.1, 0.15) is 15.9 Å². The number of fused-ring (bicyclic) bond motifs is 1. The molecule has 0 saturated carbocycles. The fourth-order valence-corrected chi connectivity index (χ4v) is 3.20. The summed E-state index contributed by atoms with van der Waals surface area (Å²) in [5.74, 6) is 1.79. The van der Waals surface area contributed by atoms with E-state index in [9.17, 15) is 4.79 Å². The summed E-state index contributed by atoms with van der Waals surface area (Å²) in [6, 6.07) is 11.2. The highest BCUT2D eigenvalue weighted by Crippen LogP contribution is 2.36. The number of halogens is 1. The van der Waals surface area contributed by atoms with Gasteiger partial charge in [-0.1, -0.05) is 29.8 Å². The lowest BCUT2D eigenvalue weighted by molar-refractivity contribution is 0.0938. The molecule has 132 valence electrons. The summed E-state index contributed by atoms with van der Waals surface area (Å²) >= 11 is 6.16. The van der Waals surface area contributed by atoms with E-state index in [1.807, 2.05) is 18.2 Å². The third kappa shape index (κ3) is 3.82. The SMILES string of the molecule is COc1cc(C(=O)NCC2COc3ccccc3C2)cc(Cl)c1OC. The van der Waals surface area contributed by atoms with Crippen molar-refractivity contribution >= 4 is 17.5 Å². The van der Waals surface area contributed by atoms with E-state index in [0.717, 1.165) is 12.2 Å². The highest BCUT2D eigenvalue weighted by atomic mass is 35.5. The predicted molar refractivity (Wildman–Crippen MR) is 96.0 cm³/mol. The van der Waals surface area contributed by atoms with E-state index in [-0.39, 0.29) is 11.8 Å². The van der Waals surface area contributed by atoms with Gasteiger partial charge in [0.25, 0.3) is 5.91 Å². The first-order valence-electron chi connectivity index (χ1n) is 8.02. The van der Waals surface area contributed by atoms with Crippen LogP contribution in [0.25, 0.3) is 0 Å². The summed E-state index contributed by atoms with van der Waals surface area (Å²) in [5.41, 5.74) is 1.60. The van der Waals surface area contributed by atoms with E-state index >= 15 is 0 Å². The molecular weight excluding hydrogens is 342 g/mol. The quantitative estimate of drug-likeness (QED) is 0.887. The van der Waals surface area contributed by atoms with Crippen LogP contribution in [0, 0.1) is 5.92 Å². The number of amides is 1. The maximum absolute atomic E-state index is 12.4. The smallest absolute Gasteiger partial charge is 0.251 e. The molecule has 0 spiro atoms. The Hall–Kier alpha value is -2.40. The van der Waals surface area contributed by atoms with Crippen LogP contribution in [0.2, 0.25) is 5.02 Å². The van der Waals surface area contributed by atoms with Crippen LogP contribution in [-0.2, 0) is 6.42 Å². The molecule has 1 unspecified atom stereocenters. The molecule has 5 nitrogen and oxygen atoms in total. The van der Waals surface area contributed by atoms with Gasteiger partial charge in [0.1, 0.15) is 5.75 Å². The zero-order valence-electron chi connectivity index (χ0n) is 14.2. The molecule has 1 atom stereocenters. The third-order valence-corrected chi connectivity index (χ3v) is 4.48. The summed E-state index contributed by atoms with van der Waals surface area (Å²) < 4.78 is 16.2. The maximum Gasteiger partial charge on any atom is 0.251 e. The summed E-state index contributed by atoms with van der Waals surface area (Å²) in [4.78, 5) is 12.4. The molecule has 1 heterocycles. The van der Waals surface area contributed by atoms with Crippen molar-refractivity contribution in [1.29, 1.82) is 0 Å². The zero-order chi connectivity index (χ0) is 17.8. The first-order chi connectivity index (χ1) is 12.1. The van der Waals surface area contributed by atoms with Gasteiger partial charge in [-0.2, -0.15) is 0 Å². The number of nitrogens with one attached hydrogen (secondary N) is 1. The fourth-order valence-electron chi connectivity index (χ4n) is 2.91. The number of carbonyl (C=O) groups excluding carboxylic acids is 1. The molecule has 0 aromatic heterocycles. The van der Waals surface area contributed by atoms with Gasteiger partial charge in [-0.05, 0) is 30.2 Å². The number of carbonyl (C=O) groups is 1. The van der Waals surface area contributed by atoms with Crippen molar-refractivity contribution in [2.24, 2.45) is 5.92 Å². The average Bonchev–Trinajstić information content (AvgIpc) is 2.65. The average molecular weight is 362 g/mol. The molecule has 1 N–H and O–H groups in total. The number of methoxy groups -OCH3 is 2. The van der Waals surface area contributed by atoms with Crippen molar-refractivity contribution in [2.75, 3.05) is 27.4 Å². The van der Waals surface area contributed by atoms with Gasteiger partial charge in [-0.15, -0.1) is 0 Å². The minimum atomic E-state index is -0.207. The molecule has 0 bridgehead atoms. The van der Waals surface area contributed by atoms with Crippen LogP contribution in [0.15, 0.2) is 36.4 Å². The number of para-hydroxylation sites is 1. The van der Waals surface area contributed by atoms with E-state index in [4.69, 9.17) is 25.8 Å². The van der Waals surface area contributed by atoms with Crippen molar-refractivity contribution in [1.82, 2.24) is 5.32 Å². The molecule has 0 radical (unpaired) electrons. The zero-order valence-corrected chi connectivity index (χ0v) is 14.9. The summed E-state index contributed by atoms with van der Waals surface area (Å²) in [5, 5.41) is 3.28. The van der Waals surface area contributed by atoms with E-state index in [2.05, 4.69) is 11.4 Å². The lowest BCUT2D eigenvalue weighted by Gasteiger charge is -2.25. The normalized spacial score (nSPS) is 15.7. The van der Waals surface area contributed by atoms with Crippen molar-refractivity contribution in [3.63, 3.8) is 0 Å². The van der Waals surface area contributed by atoms with Gasteiger partial charge in [0.2, 0.25) is 0 Å². The van der Waals surface area contributed by atoms with Crippen LogP contribution in [0.4, 0.5) is 0 Å². The Labute approximate surface area is 151 Å². The van der Waals surface area contributed by atoms with Gasteiger partial charge in [0, 0.05) is 18.0 Å². The lowest BCUT2D eigenvalue weighted by Crippen LogP contribution is -2.34. The molecule has 0 aliphatic carbocycles. The van der Waals surface area contributed by atoms with Gasteiger partial charge < -0.3 is 19.5 Å². The van der Waals surface area contributed by atoms with E-state index < -0.39 is 0 Å². The van der Waals surface area contributed by atoms with Crippen molar-refractivity contribution in [2.45, 2.75) is 6.42 Å². The molecule has 2 aromatic rings. The van der Waals surface area contributed by atoms with E-state index in [0.29, 0.717) is 35.2 Å².